The molecule has 0 aliphatic carbocycles. The zero-order valence-electron chi connectivity index (χ0n) is 15.2. The minimum atomic E-state index is -0.432. The summed E-state index contributed by atoms with van der Waals surface area (Å²) in [5.41, 5.74) is 2.07. The minimum Gasteiger partial charge on any atom is -0.337 e. The summed E-state index contributed by atoms with van der Waals surface area (Å²) in [7, 11) is 1.72. The molecule has 0 radical (unpaired) electrons. The number of hydrogen-bond donors (Lipinski definition) is 1. The molecule has 4 nitrogen and oxygen atoms in total. The Morgan fingerprint density at radius 3 is 2.32 bits per heavy atom. The van der Waals surface area contributed by atoms with E-state index in [0.717, 1.165) is 5.56 Å². The van der Waals surface area contributed by atoms with Gasteiger partial charge in [0.2, 0.25) is 0 Å². The number of carbonyl (C=O) groups is 2. The van der Waals surface area contributed by atoms with Gasteiger partial charge in [0.1, 0.15) is 0 Å². The third-order valence-corrected chi connectivity index (χ3v) is 4.75. The Kier molecular flexibility index (Phi) is 6.34. The van der Waals surface area contributed by atoms with E-state index in [1.807, 2.05) is 30.3 Å². The summed E-state index contributed by atoms with van der Waals surface area (Å²) in [6.07, 6.45) is 0. The van der Waals surface area contributed by atoms with Gasteiger partial charge in [0.15, 0.2) is 0 Å². The Labute approximate surface area is 173 Å². The molecule has 0 aliphatic heterocycles. The van der Waals surface area contributed by atoms with Crippen molar-refractivity contribution in [1.29, 1.82) is 0 Å². The molecule has 3 rings (SSSR count). The fourth-order valence-corrected chi connectivity index (χ4v) is 3.15. The van der Waals surface area contributed by atoms with Crippen LogP contribution < -0.4 is 5.32 Å². The zero-order valence-corrected chi connectivity index (χ0v) is 16.7. The second-order valence-electron chi connectivity index (χ2n) is 6.27. The molecule has 0 aromatic heterocycles. The van der Waals surface area contributed by atoms with Crippen molar-refractivity contribution in [2.75, 3.05) is 12.4 Å². The molecular formula is C22H18Cl2N2O2. The fraction of sp³-hybridized carbons (Fsp3) is 0.0909. The van der Waals surface area contributed by atoms with E-state index >= 15 is 0 Å². The first-order valence-electron chi connectivity index (χ1n) is 8.60. The van der Waals surface area contributed by atoms with Crippen molar-refractivity contribution in [2.45, 2.75) is 6.54 Å². The summed E-state index contributed by atoms with van der Waals surface area (Å²) in [5.74, 6) is -0.629. The molecule has 0 heterocycles. The maximum Gasteiger partial charge on any atom is 0.257 e. The Morgan fingerprint density at radius 1 is 0.893 bits per heavy atom. The summed E-state index contributed by atoms with van der Waals surface area (Å²) in [5, 5.41) is 3.45. The molecule has 0 fully saturated rings. The standard InChI is InChI=1S/C22H18Cl2N2O2/c1-26(14-15-7-3-2-4-8-15)22(28)17-9-5-6-10-20(17)25-21(27)18-13-16(23)11-12-19(18)24/h2-13H,14H2,1H3,(H,25,27). The van der Waals surface area contributed by atoms with E-state index in [-0.39, 0.29) is 16.5 Å². The molecule has 6 heteroatoms. The van der Waals surface area contributed by atoms with Crippen LogP contribution in [0.5, 0.6) is 0 Å². The maximum absolute atomic E-state index is 12.9. The molecule has 3 aromatic carbocycles. The monoisotopic (exact) mass is 412 g/mol. The molecule has 2 amide bonds. The number of anilines is 1. The van der Waals surface area contributed by atoms with E-state index in [0.29, 0.717) is 22.8 Å². The van der Waals surface area contributed by atoms with Crippen LogP contribution in [0, 0.1) is 0 Å². The third-order valence-electron chi connectivity index (χ3n) is 4.19. The summed E-state index contributed by atoms with van der Waals surface area (Å²) < 4.78 is 0. The van der Waals surface area contributed by atoms with Crippen molar-refractivity contribution in [3.63, 3.8) is 0 Å². The molecule has 0 aliphatic rings. The first-order valence-corrected chi connectivity index (χ1v) is 9.36. The second kappa shape index (κ2) is 8.91. The van der Waals surface area contributed by atoms with Gasteiger partial charge < -0.3 is 10.2 Å². The van der Waals surface area contributed by atoms with Gasteiger partial charge in [0, 0.05) is 18.6 Å². The van der Waals surface area contributed by atoms with Crippen molar-refractivity contribution in [3.05, 3.63) is 99.5 Å². The third kappa shape index (κ3) is 4.71. The molecule has 0 spiro atoms. The lowest BCUT2D eigenvalue weighted by Crippen LogP contribution is -2.27. The highest BCUT2D eigenvalue weighted by atomic mass is 35.5. The molecule has 142 valence electrons. The number of benzene rings is 3. The van der Waals surface area contributed by atoms with Crippen LogP contribution in [0.1, 0.15) is 26.3 Å². The number of halogens is 2. The summed E-state index contributed by atoms with van der Waals surface area (Å²) in [6, 6.07) is 21.2. The van der Waals surface area contributed by atoms with Gasteiger partial charge in [-0.3, -0.25) is 9.59 Å². The minimum absolute atomic E-state index is 0.197. The van der Waals surface area contributed by atoms with Crippen LogP contribution in [0.3, 0.4) is 0 Å². The predicted octanol–water partition coefficient (Wildman–Crippen LogP) is 5.52. The number of amides is 2. The van der Waals surface area contributed by atoms with Crippen LogP contribution in [0.15, 0.2) is 72.8 Å². The molecule has 3 aromatic rings. The normalized spacial score (nSPS) is 10.4. The maximum atomic E-state index is 12.9. The quantitative estimate of drug-likeness (QED) is 0.599. The highest BCUT2D eigenvalue weighted by Gasteiger charge is 2.18. The van der Waals surface area contributed by atoms with E-state index in [1.165, 1.54) is 6.07 Å². The number of nitrogens with one attached hydrogen (secondary N) is 1. The second-order valence-corrected chi connectivity index (χ2v) is 7.11. The van der Waals surface area contributed by atoms with Crippen LogP contribution in [-0.4, -0.2) is 23.8 Å². The van der Waals surface area contributed by atoms with Gasteiger partial charge in [0.25, 0.3) is 11.8 Å². The lowest BCUT2D eigenvalue weighted by Gasteiger charge is -2.19. The highest BCUT2D eigenvalue weighted by Crippen LogP contribution is 2.24. The van der Waals surface area contributed by atoms with E-state index in [2.05, 4.69) is 5.32 Å². The number of carbonyl (C=O) groups excluding carboxylic acids is 2. The SMILES string of the molecule is CN(Cc1ccccc1)C(=O)c1ccccc1NC(=O)c1cc(Cl)ccc1Cl. The fourth-order valence-electron chi connectivity index (χ4n) is 2.77. The average Bonchev–Trinajstić information content (AvgIpc) is 2.70. The van der Waals surface area contributed by atoms with Crippen LogP contribution in [0.25, 0.3) is 0 Å². The van der Waals surface area contributed by atoms with Crippen molar-refractivity contribution in [2.24, 2.45) is 0 Å². The topological polar surface area (TPSA) is 49.4 Å². The molecule has 0 atom stereocenters. The van der Waals surface area contributed by atoms with E-state index in [9.17, 15) is 9.59 Å². The van der Waals surface area contributed by atoms with Gasteiger partial charge in [-0.1, -0.05) is 65.7 Å². The van der Waals surface area contributed by atoms with Gasteiger partial charge >= 0.3 is 0 Å². The Hall–Kier alpha value is -2.82. The van der Waals surface area contributed by atoms with E-state index < -0.39 is 5.91 Å². The summed E-state index contributed by atoms with van der Waals surface area (Å²) in [6.45, 7) is 0.460. The van der Waals surface area contributed by atoms with Crippen LogP contribution in [-0.2, 0) is 6.54 Å². The Morgan fingerprint density at radius 2 is 1.57 bits per heavy atom. The Balaban J connectivity index is 1.81. The molecule has 0 saturated heterocycles. The van der Waals surface area contributed by atoms with Crippen LogP contribution in [0.4, 0.5) is 5.69 Å². The van der Waals surface area contributed by atoms with Crippen LogP contribution in [0.2, 0.25) is 10.0 Å². The zero-order chi connectivity index (χ0) is 20.1. The first-order chi connectivity index (χ1) is 13.5. The van der Waals surface area contributed by atoms with Gasteiger partial charge in [0.05, 0.1) is 21.8 Å². The van der Waals surface area contributed by atoms with Gasteiger partial charge in [-0.05, 0) is 35.9 Å². The van der Waals surface area contributed by atoms with Gasteiger partial charge in [-0.2, -0.15) is 0 Å². The molecular weight excluding hydrogens is 395 g/mol. The van der Waals surface area contributed by atoms with Crippen molar-refractivity contribution < 1.29 is 9.59 Å². The first kappa shape index (κ1) is 19.9. The van der Waals surface area contributed by atoms with Crippen molar-refractivity contribution in [3.8, 4) is 0 Å². The summed E-state index contributed by atoms with van der Waals surface area (Å²) >= 11 is 12.1. The molecule has 1 N–H and O–H groups in total. The lowest BCUT2D eigenvalue weighted by atomic mass is 10.1. The smallest absolute Gasteiger partial charge is 0.257 e. The van der Waals surface area contributed by atoms with Crippen molar-refractivity contribution in [1.82, 2.24) is 4.90 Å². The molecule has 0 bridgehead atoms. The van der Waals surface area contributed by atoms with Gasteiger partial charge in [-0.15, -0.1) is 0 Å². The molecule has 0 unspecified atom stereocenters. The Bertz CT molecular complexity index is 1010. The number of nitrogens with zero attached hydrogens (tertiary/aromatic N) is 1. The van der Waals surface area contributed by atoms with Gasteiger partial charge in [-0.25, -0.2) is 0 Å². The molecule has 0 saturated carbocycles. The highest BCUT2D eigenvalue weighted by molar-refractivity contribution is 6.36. The van der Waals surface area contributed by atoms with E-state index in [4.69, 9.17) is 23.2 Å². The number of para-hydroxylation sites is 1. The molecule has 28 heavy (non-hydrogen) atoms. The van der Waals surface area contributed by atoms with Crippen LogP contribution >= 0.6 is 23.2 Å². The average molecular weight is 413 g/mol. The predicted molar refractivity (Wildman–Crippen MR) is 113 cm³/mol. The number of hydrogen-bond acceptors (Lipinski definition) is 2. The van der Waals surface area contributed by atoms with Crippen molar-refractivity contribution >= 4 is 40.7 Å². The summed E-state index contributed by atoms with van der Waals surface area (Å²) in [4.78, 5) is 27.2. The number of rotatable bonds is 5. The lowest BCUT2D eigenvalue weighted by molar-refractivity contribution is 0.0786. The largest absolute Gasteiger partial charge is 0.337 e. The van der Waals surface area contributed by atoms with E-state index in [1.54, 1.807) is 48.3 Å².